The Hall–Kier alpha value is -2.54. The Morgan fingerprint density at radius 1 is 1.14 bits per heavy atom. The van der Waals surface area contributed by atoms with Crippen molar-refractivity contribution in [2.75, 3.05) is 31.1 Å². The van der Waals surface area contributed by atoms with Crippen LogP contribution in [0, 0.1) is 6.92 Å². The van der Waals surface area contributed by atoms with Crippen LogP contribution in [0.25, 0.3) is 16.6 Å². The van der Waals surface area contributed by atoms with Crippen molar-refractivity contribution in [3.63, 3.8) is 0 Å². The van der Waals surface area contributed by atoms with Crippen LogP contribution in [0.4, 0.5) is 10.6 Å². The zero-order valence-corrected chi connectivity index (χ0v) is 17.3. The van der Waals surface area contributed by atoms with E-state index in [9.17, 15) is 4.79 Å². The van der Waals surface area contributed by atoms with Crippen molar-refractivity contribution in [2.45, 2.75) is 33.3 Å². The zero-order chi connectivity index (χ0) is 20.1. The maximum atomic E-state index is 12.3. The van der Waals surface area contributed by atoms with Crippen molar-refractivity contribution in [1.82, 2.24) is 19.5 Å². The third-order valence-electron chi connectivity index (χ3n) is 4.78. The molecule has 0 N–H and O–H groups in total. The van der Waals surface area contributed by atoms with Crippen molar-refractivity contribution in [2.24, 2.45) is 0 Å². The summed E-state index contributed by atoms with van der Waals surface area (Å²) in [7, 11) is 0. The van der Waals surface area contributed by atoms with Crippen LogP contribution in [0.5, 0.6) is 0 Å². The zero-order valence-electron chi connectivity index (χ0n) is 16.6. The van der Waals surface area contributed by atoms with Crippen LogP contribution in [0.1, 0.15) is 26.5 Å². The number of amides is 1. The van der Waals surface area contributed by atoms with Gasteiger partial charge in [-0.15, -0.1) is 0 Å². The van der Waals surface area contributed by atoms with Gasteiger partial charge in [-0.05, 0) is 39.8 Å². The van der Waals surface area contributed by atoms with Gasteiger partial charge in [-0.25, -0.2) is 14.3 Å². The minimum atomic E-state index is -0.492. The van der Waals surface area contributed by atoms with Gasteiger partial charge in [-0.3, -0.25) is 0 Å². The number of aromatic nitrogens is 3. The number of carbonyl (C=O) groups is 1. The van der Waals surface area contributed by atoms with Crippen LogP contribution in [0.2, 0.25) is 5.02 Å². The molecule has 1 aliphatic rings. The van der Waals surface area contributed by atoms with Crippen LogP contribution in [0.3, 0.4) is 0 Å². The third-order valence-corrected chi connectivity index (χ3v) is 5.22. The number of para-hydroxylation sites is 1. The highest BCUT2D eigenvalue weighted by atomic mass is 35.5. The predicted molar refractivity (Wildman–Crippen MR) is 110 cm³/mol. The molecule has 1 aromatic carbocycles. The van der Waals surface area contributed by atoms with Gasteiger partial charge in [-0.1, -0.05) is 23.7 Å². The molecular formula is C20H24ClN5O2. The number of hydrogen-bond donors (Lipinski definition) is 0. The van der Waals surface area contributed by atoms with Crippen LogP contribution < -0.4 is 4.90 Å². The number of anilines is 1. The summed E-state index contributed by atoms with van der Waals surface area (Å²) in [6, 6.07) is 8.04. The highest BCUT2D eigenvalue weighted by molar-refractivity contribution is 6.34. The second kappa shape index (κ2) is 6.81. The molecular weight excluding hydrogens is 378 g/mol. The Morgan fingerprint density at radius 2 is 1.82 bits per heavy atom. The monoisotopic (exact) mass is 401 g/mol. The molecule has 1 aliphatic heterocycles. The first kappa shape index (κ1) is 18.8. The summed E-state index contributed by atoms with van der Waals surface area (Å²) < 4.78 is 7.29. The first-order chi connectivity index (χ1) is 13.2. The van der Waals surface area contributed by atoms with Gasteiger partial charge in [0.05, 0.1) is 11.2 Å². The van der Waals surface area contributed by atoms with E-state index < -0.39 is 5.60 Å². The molecule has 28 heavy (non-hydrogen) atoms. The number of piperazine rings is 1. The summed E-state index contributed by atoms with van der Waals surface area (Å²) >= 11 is 6.45. The lowest BCUT2D eigenvalue weighted by molar-refractivity contribution is 0.0240. The van der Waals surface area contributed by atoms with Gasteiger partial charge in [-0.2, -0.15) is 5.10 Å². The summed E-state index contributed by atoms with van der Waals surface area (Å²) in [4.78, 5) is 21.1. The van der Waals surface area contributed by atoms with E-state index in [0.29, 0.717) is 36.8 Å². The summed E-state index contributed by atoms with van der Waals surface area (Å²) in [5.41, 5.74) is 1.88. The number of fused-ring (bicyclic) bond motifs is 3. The molecule has 148 valence electrons. The van der Waals surface area contributed by atoms with Crippen molar-refractivity contribution in [1.29, 1.82) is 0 Å². The number of rotatable bonds is 1. The minimum Gasteiger partial charge on any atom is -0.444 e. The van der Waals surface area contributed by atoms with E-state index in [1.807, 2.05) is 52.0 Å². The maximum Gasteiger partial charge on any atom is 0.410 e. The van der Waals surface area contributed by atoms with Crippen molar-refractivity contribution in [3.05, 3.63) is 35.0 Å². The lowest BCUT2D eigenvalue weighted by atomic mass is 10.2. The van der Waals surface area contributed by atoms with E-state index in [1.54, 1.807) is 9.42 Å². The van der Waals surface area contributed by atoms with E-state index in [1.165, 1.54) is 0 Å². The van der Waals surface area contributed by atoms with Crippen LogP contribution in [-0.2, 0) is 4.74 Å². The maximum absolute atomic E-state index is 12.3. The Kier molecular flexibility index (Phi) is 4.57. The van der Waals surface area contributed by atoms with E-state index in [0.717, 1.165) is 22.4 Å². The van der Waals surface area contributed by atoms with Gasteiger partial charge < -0.3 is 14.5 Å². The highest BCUT2D eigenvalue weighted by Crippen LogP contribution is 2.30. The molecule has 0 spiro atoms. The largest absolute Gasteiger partial charge is 0.444 e. The van der Waals surface area contributed by atoms with E-state index >= 15 is 0 Å². The summed E-state index contributed by atoms with van der Waals surface area (Å²) in [6.45, 7) is 10.0. The SMILES string of the molecule is Cc1nn2c(nc(N3CCN(C(=O)OC(C)(C)C)CC3)c3ccccc32)c1Cl. The topological polar surface area (TPSA) is 63.0 Å². The number of carbonyl (C=O) groups excluding carboxylic acids is 1. The molecule has 0 unspecified atom stereocenters. The Labute approximate surface area is 168 Å². The molecule has 0 aliphatic carbocycles. The number of benzene rings is 1. The fourth-order valence-electron chi connectivity index (χ4n) is 3.44. The third kappa shape index (κ3) is 3.35. The second-order valence-electron chi connectivity index (χ2n) is 8.04. The molecule has 2 aromatic heterocycles. The lowest BCUT2D eigenvalue weighted by Gasteiger charge is -2.36. The second-order valence-corrected chi connectivity index (χ2v) is 8.42. The first-order valence-electron chi connectivity index (χ1n) is 9.41. The number of halogens is 1. The van der Waals surface area contributed by atoms with E-state index in [2.05, 4.69) is 10.00 Å². The minimum absolute atomic E-state index is 0.269. The molecule has 0 radical (unpaired) electrons. The van der Waals surface area contributed by atoms with Gasteiger partial charge in [0.25, 0.3) is 0 Å². The Morgan fingerprint density at radius 3 is 2.50 bits per heavy atom. The van der Waals surface area contributed by atoms with Gasteiger partial charge >= 0.3 is 6.09 Å². The molecule has 0 saturated carbocycles. The smallest absolute Gasteiger partial charge is 0.410 e. The number of aryl methyl sites for hydroxylation is 1. The molecule has 1 amide bonds. The summed E-state index contributed by atoms with van der Waals surface area (Å²) in [5.74, 6) is 0.869. The standard InChI is InChI=1S/C20H24ClN5O2/c1-13-16(21)18-22-17(14-7-5-6-8-15(14)26(18)23-13)24-9-11-25(12-10-24)19(27)28-20(2,3)4/h5-8H,9-12H2,1-4H3. The van der Waals surface area contributed by atoms with Crippen LogP contribution in [0.15, 0.2) is 24.3 Å². The van der Waals surface area contributed by atoms with Gasteiger partial charge in [0.1, 0.15) is 16.4 Å². The van der Waals surface area contributed by atoms with E-state index in [4.69, 9.17) is 21.3 Å². The normalized spacial score (nSPS) is 15.5. The van der Waals surface area contributed by atoms with Crippen molar-refractivity contribution < 1.29 is 9.53 Å². The molecule has 0 atom stereocenters. The van der Waals surface area contributed by atoms with Gasteiger partial charge in [0.2, 0.25) is 0 Å². The molecule has 7 nitrogen and oxygen atoms in total. The Bertz CT molecular complexity index is 1050. The Balaban J connectivity index is 1.65. The highest BCUT2D eigenvalue weighted by Gasteiger charge is 2.27. The molecule has 3 heterocycles. The molecule has 3 aromatic rings. The summed E-state index contributed by atoms with van der Waals surface area (Å²) in [5, 5.41) is 6.11. The molecule has 8 heteroatoms. The average Bonchev–Trinajstić information content (AvgIpc) is 2.94. The lowest BCUT2D eigenvalue weighted by Crippen LogP contribution is -2.50. The molecule has 4 rings (SSSR count). The number of hydrogen-bond acceptors (Lipinski definition) is 5. The van der Waals surface area contributed by atoms with E-state index in [-0.39, 0.29) is 6.09 Å². The fraction of sp³-hybridized carbons (Fsp3) is 0.450. The molecule has 1 saturated heterocycles. The van der Waals surface area contributed by atoms with Crippen LogP contribution in [-0.4, -0.2) is 57.4 Å². The molecule has 1 fully saturated rings. The molecule has 0 bridgehead atoms. The van der Waals surface area contributed by atoms with Crippen LogP contribution >= 0.6 is 11.6 Å². The number of ether oxygens (including phenoxy) is 1. The van der Waals surface area contributed by atoms with Crippen molar-refractivity contribution >= 4 is 40.1 Å². The average molecular weight is 402 g/mol. The van der Waals surface area contributed by atoms with Crippen molar-refractivity contribution in [3.8, 4) is 0 Å². The number of nitrogens with zero attached hydrogens (tertiary/aromatic N) is 5. The van der Waals surface area contributed by atoms with Gasteiger partial charge in [0.15, 0.2) is 5.65 Å². The quantitative estimate of drug-likeness (QED) is 0.618. The van der Waals surface area contributed by atoms with Gasteiger partial charge in [0, 0.05) is 31.6 Å². The fourth-order valence-corrected chi connectivity index (χ4v) is 3.60. The predicted octanol–water partition coefficient (Wildman–Crippen LogP) is 3.90. The summed E-state index contributed by atoms with van der Waals surface area (Å²) in [6.07, 6.45) is -0.269. The first-order valence-corrected chi connectivity index (χ1v) is 9.79.